The SMILES string of the molecule is CCNC(=O)Nc1ccc(C(=O)NNC(=O)OC(C)(C)C)cc1N1CCCC1. The largest absolute Gasteiger partial charge is 0.443 e. The molecule has 4 N–H and O–H groups in total. The third-order valence-corrected chi connectivity index (χ3v) is 3.97. The number of benzene rings is 1. The normalized spacial score (nSPS) is 13.6. The minimum absolute atomic E-state index is 0.299. The van der Waals surface area contributed by atoms with Crippen molar-refractivity contribution in [3.05, 3.63) is 23.8 Å². The molecule has 1 aromatic carbocycles. The fourth-order valence-corrected chi connectivity index (χ4v) is 2.81. The molecule has 0 aliphatic carbocycles. The second kappa shape index (κ2) is 9.29. The molecule has 1 aliphatic rings. The van der Waals surface area contributed by atoms with Crippen LogP contribution in [-0.4, -0.2) is 43.3 Å². The average molecular weight is 391 g/mol. The van der Waals surface area contributed by atoms with Crippen molar-refractivity contribution in [2.45, 2.75) is 46.1 Å². The number of hydrogen-bond acceptors (Lipinski definition) is 5. The Morgan fingerprint density at radius 3 is 2.39 bits per heavy atom. The summed E-state index contributed by atoms with van der Waals surface area (Å²) in [7, 11) is 0. The van der Waals surface area contributed by atoms with Gasteiger partial charge in [0.25, 0.3) is 5.91 Å². The average Bonchev–Trinajstić information content (AvgIpc) is 3.13. The molecule has 154 valence electrons. The van der Waals surface area contributed by atoms with Gasteiger partial charge in [0.15, 0.2) is 0 Å². The lowest BCUT2D eigenvalue weighted by molar-refractivity contribution is 0.0483. The maximum absolute atomic E-state index is 12.4. The monoisotopic (exact) mass is 391 g/mol. The second-order valence-corrected chi connectivity index (χ2v) is 7.49. The molecule has 9 nitrogen and oxygen atoms in total. The van der Waals surface area contributed by atoms with E-state index in [-0.39, 0.29) is 6.03 Å². The highest BCUT2D eigenvalue weighted by molar-refractivity contribution is 5.99. The summed E-state index contributed by atoms with van der Waals surface area (Å²) in [6.45, 7) is 9.26. The Balaban J connectivity index is 2.11. The molecule has 1 aliphatic heterocycles. The molecule has 1 heterocycles. The maximum Gasteiger partial charge on any atom is 0.426 e. The number of ether oxygens (including phenoxy) is 1. The van der Waals surface area contributed by atoms with Crippen LogP contribution in [0.1, 0.15) is 50.9 Å². The van der Waals surface area contributed by atoms with Crippen molar-refractivity contribution >= 4 is 29.4 Å². The number of rotatable bonds is 4. The van der Waals surface area contributed by atoms with Crippen LogP contribution in [0.4, 0.5) is 21.0 Å². The molecule has 0 unspecified atom stereocenters. The Morgan fingerprint density at radius 2 is 1.79 bits per heavy atom. The van der Waals surface area contributed by atoms with Crippen molar-refractivity contribution in [1.29, 1.82) is 0 Å². The van der Waals surface area contributed by atoms with E-state index in [9.17, 15) is 14.4 Å². The summed E-state index contributed by atoms with van der Waals surface area (Å²) in [6, 6.07) is 4.68. The molecular formula is C19H29N5O4. The summed E-state index contributed by atoms with van der Waals surface area (Å²) < 4.78 is 5.09. The fourth-order valence-electron chi connectivity index (χ4n) is 2.81. The van der Waals surface area contributed by atoms with Crippen LogP contribution in [0.2, 0.25) is 0 Å². The van der Waals surface area contributed by atoms with Crippen molar-refractivity contribution < 1.29 is 19.1 Å². The number of carbonyl (C=O) groups is 3. The molecule has 0 atom stereocenters. The van der Waals surface area contributed by atoms with E-state index in [1.54, 1.807) is 39.0 Å². The summed E-state index contributed by atoms with van der Waals surface area (Å²) in [4.78, 5) is 38.1. The Morgan fingerprint density at radius 1 is 1.11 bits per heavy atom. The molecule has 0 bridgehead atoms. The molecule has 0 radical (unpaired) electrons. The van der Waals surface area contributed by atoms with Gasteiger partial charge in [0, 0.05) is 25.2 Å². The van der Waals surface area contributed by atoms with Crippen molar-refractivity contribution in [3.63, 3.8) is 0 Å². The van der Waals surface area contributed by atoms with Gasteiger partial charge in [-0.05, 0) is 58.7 Å². The minimum atomic E-state index is -0.741. The van der Waals surface area contributed by atoms with Crippen molar-refractivity contribution in [2.24, 2.45) is 0 Å². The van der Waals surface area contributed by atoms with Crippen molar-refractivity contribution in [3.8, 4) is 0 Å². The van der Waals surface area contributed by atoms with Gasteiger partial charge in [0.2, 0.25) is 0 Å². The van der Waals surface area contributed by atoms with Crippen LogP contribution < -0.4 is 26.4 Å². The van der Waals surface area contributed by atoms with E-state index in [4.69, 9.17) is 4.74 Å². The molecular weight excluding hydrogens is 362 g/mol. The molecule has 28 heavy (non-hydrogen) atoms. The summed E-state index contributed by atoms with van der Waals surface area (Å²) in [5.74, 6) is -0.476. The van der Waals surface area contributed by atoms with Gasteiger partial charge in [0.1, 0.15) is 5.60 Å². The van der Waals surface area contributed by atoms with E-state index < -0.39 is 17.6 Å². The molecule has 1 aromatic rings. The highest BCUT2D eigenvalue weighted by atomic mass is 16.6. The van der Waals surface area contributed by atoms with Gasteiger partial charge in [-0.15, -0.1) is 0 Å². The van der Waals surface area contributed by atoms with Crippen LogP contribution >= 0.6 is 0 Å². The third kappa shape index (κ3) is 6.33. The van der Waals surface area contributed by atoms with E-state index in [1.165, 1.54) is 0 Å². The van der Waals surface area contributed by atoms with E-state index in [0.29, 0.717) is 17.8 Å². The van der Waals surface area contributed by atoms with Gasteiger partial charge in [-0.1, -0.05) is 0 Å². The summed E-state index contributed by atoms with van der Waals surface area (Å²) in [5.41, 5.74) is 5.67. The Hall–Kier alpha value is -2.97. The molecule has 9 heteroatoms. The van der Waals surface area contributed by atoms with Crippen LogP contribution in [0.15, 0.2) is 18.2 Å². The standard InChI is InChI=1S/C19H29N5O4/c1-5-20-17(26)21-14-9-8-13(12-15(14)24-10-6-7-11-24)16(25)22-23-18(27)28-19(2,3)4/h8-9,12H,5-7,10-11H2,1-4H3,(H,22,25)(H,23,27)(H2,20,21,26). The van der Waals surface area contributed by atoms with E-state index in [1.807, 2.05) is 6.92 Å². The van der Waals surface area contributed by atoms with Crippen LogP contribution in [0.25, 0.3) is 0 Å². The van der Waals surface area contributed by atoms with Crippen LogP contribution in [-0.2, 0) is 4.74 Å². The van der Waals surface area contributed by atoms with Crippen LogP contribution in [0, 0.1) is 0 Å². The number of nitrogens with one attached hydrogen (secondary N) is 4. The molecule has 1 fully saturated rings. The van der Waals surface area contributed by atoms with E-state index in [0.717, 1.165) is 31.6 Å². The molecule has 2 rings (SSSR count). The highest BCUT2D eigenvalue weighted by Crippen LogP contribution is 2.30. The highest BCUT2D eigenvalue weighted by Gasteiger charge is 2.20. The van der Waals surface area contributed by atoms with Crippen LogP contribution in [0.5, 0.6) is 0 Å². The number of anilines is 2. The molecule has 1 saturated heterocycles. The molecule has 0 aromatic heterocycles. The quantitative estimate of drug-likeness (QED) is 0.590. The second-order valence-electron chi connectivity index (χ2n) is 7.49. The number of hydrazine groups is 1. The minimum Gasteiger partial charge on any atom is -0.443 e. The number of carbonyl (C=O) groups excluding carboxylic acids is 3. The number of nitrogens with zero attached hydrogens (tertiary/aromatic N) is 1. The van der Waals surface area contributed by atoms with Crippen LogP contribution in [0.3, 0.4) is 0 Å². The zero-order valence-electron chi connectivity index (χ0n) is 16.8. The number of urea groups is 1. The Bertz CT molecular complexity index is 724. The topological polar surface area (TPSA) is 112 Å². The zero-order valence-corrected chi connectivity index (χ0v) is 16.8. The van der Waals surface area contributed by atoms with E-state index >= 15 is 0 Å². The van der Waals surface area contributed by atoms with Crippen molar-refractivity contribution in [2.75, 3.05) is 29.9 Å². The lowest BCUT2D eigenvalue weighted by Crippen LogP contribution is -2.44. The van der Waals surface area contributed by atoms with Crippen molar-refractivity contribution in [1.82, 2.24) is 16.2 Å². The molecule has 0 spiro atoms. The summed E-state index contributed by atoms with van der Waals surface area (Å²) in [5, 5.41) is 5.51. The lowest BCUT2D eigenvalue weighted by Gasteiger charge is -2.23. The van der Waals surface area contributed by atoms with Gasteiger partial charge < -0.3 is 20.3 Å². The summed E-state index contributed by atoms with van der Waals surface area (Å²) in [6.07, 6.45) is 1.36. The Kier molecular flexibility index (Phi) is 7.08. The predicted octanol–water partition coefficient (Wildman–Crippen LogP) is 2.60. The lowest BCUT2D eigenvalue weighted by atomic mass is 10.1. The van der Waals surface area contributed by atoms with Gasteiger partial charge in [-0.25, -0.2) is 15.0 Å². The number of amides is 4. The Labute approximate surface area is 165 Å². The van der Waals surface area contributed by atoms with Gasteiger partial charge in [-0.2, -0.15) is 0 Å². The molecule has 0 saturated carbocycles. The first-order chi connectivity index (χ1) is 13.2. The van der Waals surface area contributed by atoms with E-state index in [2.05, 4.69) is 26.4 Å². The first-order valence-corrected chi connectivity index (χ1v) is 9.43. The zero-order chi connectivity index (χ0) is 20.7. The van der Waals surface area contributed by atoms with Gasteiger partial charge >= 0.3 is 12.1 Å². The first kappa shape index (κ1) is 21.3. The number of hydrogen-bond donors (Lipinski definition) is 4. The smallest absolute Gasteiger partial charge is 0.426 e. The maximum atomic E-state index is 12.4. The van der Waals surface area contributed by atoms with Gasteiger partial charge in [-0.3, -0.25) is 10.2 Å². The summed E-state index contributed by atoms with van der Waals surface area (Å²) >= 11 is 0. The third-order valence-electron chi connectivity index (χ3n) is 3.97. The molecule has 4 amide bonds. The van der Waals surface area contributed by atoms with Gasteiger partial charge in [0.05, 0.1) is 11.4 Å². The fraction of sp³-hybridized carbons (Fsp3) is 0.526. The first-order valence-electron chi connectivity index (χ1n) is 9.43. The predicted molar refractivity (Wildman–Crippen MR) is 107 cm³/mol.